The molecule has 26 heavy (non-hydrogen) atoms. The Morgan fingerprint density at radius 1 is 1.35 bits per heavy atom. The lowest BCUT2D eigenvalue weighted by atomic mass is 9.97. The number of hydrogen-bond donors (Lipinski definition) is 2. The van der Waals surface area contributed by atoms with Crippen molar-refractivity contribution in [3.05, 3.63) is 41.8 Å². The van der Waals surface area contributed by atoms with Crippen LogP contribution in [0.2, 0.25) is 5.02 Å². The van der Waals surface area contributed by atoms with E-state index in [0.29, 0.717) is 28.9 Å². The van der Waals surface area contributed by atoms with Crippen LogP contribution in [0.5, 0.6) is 5.75 Å². The van der Waals surface area contributed by atoms with Crippen molar-refractivity contribution in [3.63, 3.8) is 0 Å². The third kappa shape index (κ3) is 4.76. The van der Waals surface area contributed by atoms with Gasteiger partial charge < -0.3 is 20.3 Å². The minimum Gasteiger partial charge on any atom is -0.495 e. The van der Waals surface area contributed by atoms with Gasteiger partial charge in [-0.2, -0.15) is 0 Å². The van der Waals surface area contributed by atoms with E-state index in [1.165, 1.54) is 0 Å². The number of amides is 2. The van der Waals surface area contributed by atoms with Crippen molar-refractivity contribution >= 4 is 29.1 Å². The van der Waals surface area contributed by atoms with Gasteiger partial charge in [-0.15, -0.1) is 0 Å². The number of nitrogens with zero attached hydrogens (tertiary/aromatic N) is 3. The maximum atomic E-state index is 12.2. The minimum absolute atomic E-state index is 0.262. The summed E-state index contributed by atoms with van der Waals surface area (Å²) in [7, 11) is 1.55. The molecule has 0 aliphatic carbocycles. The van der Waals surface area contributed by atoms with Crippen molar-refractivity contribution < 1.29 is 9.53 Å². The molecule has 1 saturated heterocycles. The van der Waals surface area contributed by atoms with E-state index in [4.69, 9.17) is 16.3 Å². The number of urea groups is 1. The maximum absolute atomic E-state index is 12.2. The van der Waals surface area contributed by atoms with Crippen LogP contribution in [0.1, 0.15) is 12.8 Å². The molecule has 3 rings (SSSR count). The van der Waals surface area contributed by atoms with Crippen molar-refractivity contribution in [3.8, 4) is 5.75 Å². The van der Waals surface area contributed by atoms with Gasteiger partial charge in [0, 0.05) is 37.1 Å². The molecule has 1 aliphatic rings. The Morgan fingerprint density at radius 2 is 2.15 bits per heavy atom. The first kappa shape index (κ1) is 18.3. The Kier molecular flexibility index (Phi) is 6.12. The molecule has 1 fully saturated rings. The summed E-state index contributed by atoms with van der Waals surface area (Å²) >= 11 is 5.98. The largest absolute Gasteiger partial charge is 0.495 e. The van der Waals surface area contributed by atoms with Gasteiger partial charge in [0.25, 0.3) is 0 Å². The predicted molar refractivity (Wildman–Crippen MR) is 102 cm³/mol. The molecular formula is C18H22ClN5O2. The molecule has 0 unspecified atom stereocenters. The summed E-state index contributed by atoms with van der Waals surface area (Å²) < 4.78 is 5.23. The van der Waals surface area contributed by atoms with Crippen LogP contribution < -0.4 is 20.3 Å². The number of ether oxygens (including phenoxy) is 1. The molecule has 138 valence electrons. The number of anilines is 2. The summed E-state index contributed by atoms with van der Waals surface area (Å²) in [6.07, 6.45) is 7.16. The summed E-state index contributed by atoms with van der Waals surface area (Å²) in [5, 5.41) is 6.26. The number of hydrogen-bond acceptors (Lipinski definition) is 5. The molecule has 0 saturated carbocycles. The van der Waals surface area contributed by atoms with Crippen molar-refractivity contribution in [1.29, 1.82) is 0 Å². The Bertz CT molecular complexity index is 736. The van der Waals surface area contributed by atoms with Crippen molar-refractivity contribution in [2.45, 2.75) is 12.8 Å². The second-order valence-electron chi connectivity index (χ2n) is 6.17. The normalized spacial score (nSPS) is 14.8. The summed E-state index contributed by atoms with van der Waals surface area (Å²) in [6, 6.07) is 4.84. The van der Waals surface area contributed by atoms with E-state index < -0.39 is 0 Å². The zero-order chi connectivity index (χ0) is 18.4. The van der Waals surface area contributed by atoms with E-state index in [1.807, 2.05) is 0 Å². The van der Waals surface area contributed by atoms with Crippen LogP contribution in [0.3, 0.4) is 0 Å². The van der Waals surface area contributed by atoms with Gasteiger partial charge in [0.05, 0.1) is 19.0 Å². The lowest BCUT2D eigenvalue weighted by molar-refractivity contribution is 0.248. The molecule has 2 amide bonds. The SMILES string of the molecule is COc1ccc(Cl)cc1NC(=O)NCC1CCN(c2cnccn2)CC1. The summed E-state index contributed by atoms with van der Waals surface area (Å²) in [5.41, 5.74) is 0.551. The fraction of sp³-hybridized carbons (Fsp3) is 0.389. The van der Waals surface area contributed by atoms with E-state index in [0.717, 1.165) is 31.7 Å². The third-order valence-corrected chi connectivity index (χ3v) is 4.68. The number of aromatic nitrogens is 2. The number of rotatable bonds is 5. The minimum atomic E-state index is -0.262. The molecular weight excluding hydrogens is 354 g/mol. The maximum Gasteiger partial charge on any atom is 0.319 e. The molecule has 2 N–H and O–H groups in total. The van der Waals surface area contributed by atoms with Crippen LogP contribution >= 0.6 is 11.6 Å². The van der Waals surface area contributed by atoms with Crippen LogP contribution in [-0.2, 0) is 0 Å². The average Bonchev–Trinajstić information content (AvgIpc) is 2.68. The van der Waals surface area contributed by atoms with Crippen molar-refractivity contribution in [2.24, 2.45) is 5.92 Å². The first-order chi connectivity index (χ1) is 12.7. The van der Waals surface area contributed by atoms with Gasteiger partial charge >= 0.3 is 6.03 Å². The van der Waals surface area contributed by atoms with Crippen LogP contribution in [0.25, 0.3) is 0 Å². The Balaban J connectivity index is 1.45. The quantitative estimate of drug-likeness (QED) is 0.839. The molecule has 0 spiro atoms. The molecule has 0 bridgehead atoms. The number of nitrogens with one attached hydrogen (secondary N) is 2. The van der Waals surface area contributed by atoms with E-state index in [-0.39, 0.29) is 6.03 Å². The zero-order valence-corrected chi connectivity index (χ0v) is 15.4. The van der Waals surface area contributed by atoms with E-state index in [9.17, 15) is 4.79 Å². The van der Waals surface area contributed by atoms with Gasteiger partial charge in [-0.1, -0.05) is 11.6 Å². The molecule has 1 aliphatic heterocycles. The van der Waals surface area contributed by atoms with E-state index in [1.54, 1.807) is 43.9 Å². The Morgan fingerprint density at radius 3 is 2.85 bits per heavy atom. The molecule has 2 heterocycles. The summed E-state index contributed by atoms with van der Waals surface area (Å²) in [6.45, 7) is 2.45. The molecule has 8 heteroatoms. The number of carbonyl (C=O) groups excluding carboxylic acids is 1. The van der Waals surface area contributed by atoms with Crippen LogP contribution in [-0.4, -0.2) is 42.7 Å². The Hall–Kier alpha value is -2.54. The highest BCUT2D eigenvalue weighted by atomic mass is 35.5. The topological polar surface area (TPSA) is 79.4 Å². The second-order valence-corrected chi connectivity index (χ2v) is 6.61. The van der Waals surface area contributed by atoms with E-state index >= 15 is 0 Å². The molecule has 0 atom stereocenters. The zero-order valence-electron chi connectivity index (χ0n) is 14.6. The fourth-order valence-corrected chi connectivity index (χ4v) is 3.17. The van der Waals surface area contributed by atoms with E-state index in [2.05, 4.69) is 25.5 Å². The predicted octanol–water partition coefficient (Wildman–Crippen LogP) is 3.18. The highest BCUT2D eigenvalue weighted by molar-refractivity contribution is 6.31. The standard InChI is InChI=1S/C18H22ClN5O2/c1-26-16-3-2-14(19)10-15(16)23-18(25)22-11-13-4-8-24(9-5-13)17-12-20-6-7-21-17/h2-3,6-7,10,12-13H,4-5,8-9,11H2,1H3,(H2,22,23,25). The second kappa shape index (κ2) is 8.71. The van der Waals surface area contributed by atoms with Gasteiger partial charge in [-0.25, -0.2) is 9.78 Å². The smallest absolute Gasteiger partial charge is 0.319 e. The fourth-order valence-electron chi connectivity index (χ4n) is 3.00. The van der Waals surface area contributed by atoms with Crippen LogP contribution in [0.15, 0.2) is 36.8 Å². The molecule has 1 aromatic heterocycles. The van der Waals surface area contributed by atoms with Gasteiger partial charge in [0.15, 0.2) is 0 Å². The lowest BCUT2D eigenvalue weighted by Crippen LogP contribution is -2.40. The van der Waals surface area contributed by atoms with Crippen LogP contribution in [0.4, 0.5) is 16.3 Å². The lowest BCUT2D eigenvalue weighted by Gasteiger charge is -2.32. The first-order valence-corrected chi connectivity index (χ1v) is 8.93. The summed E-state index contributed by atoms with van der Waals surface area (Å²) in [4.78, 5) is 22.8. The van der Waals surface area contributed by atoms with Gasteiger partial charge in [0.2, 0.25) is 0 Å². The number of carbonyl (C=O) groups is 1. The van der Waals surface area contributed by atoms with Gasteiger partial charge in [0.1, 0.15) is 11.6 Å². The number of methoxy groups -OCH3 is 1. The molecule has 7 nitrogen and oxygen atoms in total. The highest BCUT2D eigenvalue weighted by Gasteiger charge is 2.20. The Labute approximate surface area is 157 Å². The third-order valence-electron chi connectivity index (χ3n) is 4.45. The number of halogens is 1. The van der Waals surface area contributed by atoms with Gasteiger partial charge in [-0.05, 0) is 37.0 Å². The monoisotopic (exact) mass is 375 g/mol. The number of benzene rings is 1. The molecule has 2 aromatic rings. The molecule has 0 radical (unpaired) electrons. The first-order valence-electron chi connectivity index (χ1n) is 8.55. The number of piperidine rings is 1. The van der Waals surface area contributed by atoms with Crippen LogP contribution in [0, 0.1) is 5.92 Å². The molecule has 1 aromatic carbocycles. The van der Waals surface area contributed by atoms with Gasteiger partial charge in [-0.3, -0.25) is 4.98 Å². The average molecular weight is 376 g/mol. The highest BCUT2D eigenvalue weighted by Crippen LogP contribution is 2.27. The van der Waals surface area contributed by atoms with Crippen molar-refractivity contribution in [2.75, 3.05) is 37.0 Å². The van der Waals surface area contributed by atoms with Crippen molar-refractivity contribution in [1.82, 2.24) is 15.3 Å². The summed E-state index contributed by atoms with van der Waals surface area (Å²) in [5.74, 6) is 1.92.